The molecule has 0 heterocycles. The average Bonchev–Trinajstić information content (AvgIpc) is 2.33. The molecule has 0 aliphatic heterocycles. The van der Waals surface area contributed by atoms with Gasteiger partial charge in [0.1, 0.15) is 0 Å². The van der Waals surface area contributed by atoms with Gasteiger partial charge in [-0.1, -0.05) is 30.2 Å². The van der Waals surface area contributed by atoms with E-state index in [-0.39, 0.29) is 0 Å². The molecule has 1 atom stereocenters. The maximum atomic E-state index is 5.97. The van der Waals surface area contributed by atoms with Crippen LogP contribution in [0.15, 0.2) is 24.3 Å². The number of ether oxygens (including phenoxy) is 1. The van der Waals surface area contributed by atoms with Crippen LogP contribution in [0.2, 0.25) is 5.02 Å². The molecule has 2 N–H and O–H groups in total. The summed E-state index contributed by atoms with van der Waals surface area (Å²) in [6, 6.07) is 8.04. The summed E-state index contributed by atoms with van der Waals surface area (Å²) in [4.78, 5) is 0. The van der Waals surface area contributed by atoms with E-state index in [9.17, 15) is 0 Å². The summed E-state index contributed by atoms with van der Waals surface area (Å²) in [6.07, 6.45) is 4.47. The number of methoxy groups -OCH3 is 1. The fourth-order valence-electron chi connectivity index (χ4n) is 1.98. The quantitative estimate of drug-likeness (QED) is 0.724. The second-order valence-corrected chi connectivity index (χ2v) is 4.86. The van der Waals surface area contributed by atoms with Gasteiger partial charge in [-0.05, 0) is 49.4 Å². The van der Waals surface area contributed by atoms with Crippen molar-refractivity contribution in [1.82, 2.24) is 0 Å². The van der Waals surface area contributed by atoms with Gasteiger partial charge in [-0.25, -0.2) is 0 Å². The maximum Gasteiger partial charge on any atom is 0.0462 e. The van der Waals surface area contributed by atoms with Crippen LogP contribution in [0.4, 0.5) is 0 Å². The molecular formula is C14H22ClNO. The van der Waals surface area contributed by atoms with E-state index in [4.69, 9.17) is 22.1 Å². The normalized spacial score (nSPS) is 12.6. The van der Waals surface area contributed by atoms with E-state index in [1.807, 2.05) is 18.2 Å². The lowest BCUT2D eigenvalue weighted by atomic mass is 9.94. The summed E-state index contributed by atoms with van der Waals surface area (Å²) in [5.41, 5.74) is 7.09. The van der Waals surface area contributed by atoms with Crippen LogP contribution in [-0.4, -0.2) is 20.3 Å². The molecule has 0 bridgehead atoms. The molecule has 17 heavy (non-hydrogen) atoms. The fraction of sp³-hybridized carbons (Fsp3) is 0.571. The van der Waals surface area contributed by atoms with Gasteiger partial charge in [0.15, 0.2) is 0 Å². The average molecular weight is 256 g/mol. The summed E-state index contributed by atoms with van der Waals surface area (Å²) in [5, 5.41) is 0.803. The van der Waals surface area contributed by atoms with Crippen molar-refractivity contribution in [2.45, 2.75) is 25.7 Å². The second-order valence-electron chi connectivity index (χ2n) is 4.42. The minimum atomic E-state index is 0.547. The Morgan fingerprint density at radius 3 is 2.82 bits per heavy atom. The number of hydrogen-bond donors (Lipinski definition) is 1. The Labute approximate surface area is 109 Å². The van der Waals surface area contributed by atoms with Crippen LogP contribution in [0.25, 0.3) is 0 Å². The van der Waals surface area contributed by atoms with Crippen LogP contribution in [0.5, 0.6) is 0 Å². The van der Waals surface area contributed by atoms with Gasteiger partial charge in [0.05, 0.1) is 0 Å². The van der Waals surface area contributed by atoms with Crippen molar-refractivity contribution in [2.24, 2.45) is 11.7 Å². The predicted octanol–water partition coefficient (Wildman–Crippen LogP) is 3.27. The Hall–Kier alpha value is -0.570. The highest BCUT2D eigenvalue weighted by molar-refractivity contribution is 6.30. The molecule has 1 unspecified atom stereocenters. The Morgan fingerprint density at radius 2 is 2.18 bits per heavy atom. The topological polar surface area (TPSA) is 35.2 Å². The number of hydrogen-bond acceptors (Lipinski definition) is 2. The van der Waals surface area contributed by atoms with E-state index in [1.165, 1.54) is 12.0 Å². The van der Waals surface area contributed by atoms with Crippen molar-refractivity contribution in [1.29, 1.82) is 0 Å². The Bertz CT molecular complexity index is 317. The zero-order valence-electron chi connectivity index (χ0n) is 10.5. The van der Waals surface area contributed by atoms with Crippen molar-refractivity contribution in [2.75, 3.05) is 20.3 Å². The third-order valence-corrected chi connectivity index (χ3v) is 3.19. The first-order valence-electron chi connectivity index (χ1n) is 6.19. The van der Waals surface area contributed by atoms with Crippen LogP contribution in [0.1, 0.15) is 24.8 Å². The number of halogens is 1. The molecule has 96 valence electrons. The van der Waals surface area contributed by atoms with Gasteiger partial charge in [0.25, 0.3) is 0 Å². The minimum absolute atomic E-state index is 0.547. The third kappa shape index (κ3) is 6.06. The number of unbranched alkanes of at least 4 members (excludes halogenated alkanes) is 1. The highest BCUT2D eigenvalue weighted by atomic mass is 35.5. The van der Waals surface area contributed by atoms with Crippen LogP contribution >= 0.6 is 11.6 Å². The first-order chi connectivity index (χ1) is 8.26. The maximum absolute atomic E-state index is 5.97. The van der Waals surface area contributed by atoms with Gasteiger partial charge in [0, 0.05) is 18.7 Å². The SMILES string of the molecule is COCCCCC(CN)Cc1cccc(Cl)c1. The Morgan fingerprint density at radius 1 is 1.35 bits per heavy atom. The lowest BCUT2D eigenvalue weighted by molar-refractivity contribution is 0.190. The minimum Gasteiger partial charge on any atom is -0.385 e. The zero-order valence-corrected chi connectivity index (χ0v) is 11.2. The molecule has 3 heteroatoms. The molecule has 0 aliphatic rings. The van der Waals surface area contributed by atoms with Crippen LogP contribution in [-0.2, 0) is 11.2 Å². The number of rotatable bonds is 8. The lowest BCUT2D eigenvalue weighted by Crippen LogP contribution is -2.17. The molecule has 0 aliphatic carbocycles. The molecule has 0 amide bonds. The monoisotopic (exact) mass is 255 g/mol. The molecular weight excluding hydrogens is 234 g/mol. The molecule has 0 spiro atoms. The summed E-state index contributed by atoms with van der Waals surface area (Å²) >= 11 is 5.97. The van der Waals surface area contributed by atoms with Crippen molar-refractivity contribution in [3.63, 3.8) is 0 Å². The highest BCUT2D eigenvalue weighted by Gasteiger charge is 2.07. The predicted molar refractivity (Wildman–Crippen MR) is 73.4 cm³/mol. The van der Waals surface area contributed by atoms with Crippen LogP contribution < -0.4 is 5.73 Å². The highest BCUT2D eigenvalue weighted by Crippen LogP contribution is 2.17. The van der Waals surface area contributed by atoms with Crippen molar-refractivity contribution >= 4 is 11.6 Å². The molecule has 2 nitrogen and oxygen atoms in total. The molecule has 0 saturated carbocycles. The van der Waals surface area contributed by atoms with Gasteiger partial charge in [-0.3, -0.25) is 0 Å². The van der Waals surface area contributed by atoms with Crippen LogP contribution in [0, 0.1) is 5.92 Å². The number of benzene rings is 1. The van der Waals surface area contributed by atoms with Crippen molar-refractivity contribution in [3.8, 4) is 0 Å². The van der Waals surface area contributed by atoms with E-state index in [2.05, 4.69) is 6.07 Å². The van der Waals surface area contributed by atoms with E-state index in [0.717, 1.165) is 37.4 Å². The van der Waals surface area contributed by atoms with Crippen molar-refractivity contribution < 1.29 is 4.74 Å². The standard InChI is InChI=1S/C14H22ClNO/c1-17-8-3-2-5-13(11-16)9-12-6-4-7-14(15)10-12/h4,6-7,10,13H,2-3,5,8-9,11,16H2,1H3. The molecule has 1 rings (SSSR count). The molecule has 0 fully saturated rings. The molecule has 1 aromatic carbocycles. The van der Waals surface area contributed by atoms with E-state index in [1.54, 1.807) is 7.11 Å². The molecule has 0 radical (unpaired) electrons. The van der Waals surface area contributed by atoms with Gasteiger partial charge < -0.3 is 10.5 Å². The first-order valence-corrected chi connectivity index (χ1v) is 6.57. The number of nitrogens with two attached hydrogens (primary N) is 1. The summed E-state index contributed by atoms with van der Waals surface area (Å²) in [6.45, 7) is 1.58. The van der Waals surface area contributed by atoms with Gasteiger partial charge in [-0.2, -0.15) is 0 Å². The first kappa shape index (κ1) is 14.5. The van der Waals surface area contributed by atoms with Crippen molar-refractivity contribution in [3.05, 3.63) is 34.9 Å². The van der Waals surface area contributed by atoms with E-state index < -0.39 is 0 Å². The fourth-order valence-corrected chi connectivity index (χ4v) is 2.19. The summed E-state index contributed by atoms with van der Waals surface area (Å²) in [7, 11) is 1.74. The van der Waals surface area contributed by atoms with Gasteiger partial charge in [-0.15, -0.1) is 0 Å². The Kier molecular flexibility index (Phi) is 7.25. The van der Waals surface area contributed by atoms with Gasteiger partial charge in [0.2, 0.25) is 0 Å². The largest absolute Gasteiger partial charge is 0.385 e. The smallest absolute Gasteiger partial charge is 0.0462 e. The lowest BCUT2D eigenvalue weighted by Gasteiger charge is -2.14. The third-order valence-electron chi connectivity index (χ3n) is 2.96. The molecule has 1 aromatic rings. The van der Waals surface area contributed by atoms with Gasteiger partial charge >= 0.3 is 0 Å². The second kappa shape index (κ2) is 8.51. The van der Waals surface area contributed by atoms with Crippen LogP contribution in [0.3, 0.4) is 0 Å². The van der Waals surface area contributed by atoms with E-state index >= 15 is 0 Å². The molecule has 0 aromatic heterocycles. The van der Waals surface area contributed by atoms with E-state index in [0.29, 0.717) is 5.92 Å². The summed E-state index contributed by atoms with van der Waals surface area (Å²) in [5.74, 6) is 0.547. The Balaban J connectivity index is 2.35. The molecule has 0 saturated heterocycles. The zero-order chi connectivity index (χ0) is 12.5. The summed E-state index contributed by atoms with van der Waals surface area (Å²) < 4.78 is 5.04.